The second-order valence-corrected chi connectivity index (χ2v) is 5.11. The molecule has 0 saturated carbocycles. The van der Waals surface area contributed by atoms with Crippen LogP contribution in [-0.4, -0.2) is 19.3 Å². The van der Waals surface area contributed by atoms with E-state index in [-0.39, 0.29) is 10.8 Å². The van der Waals surface area contributed by atoms with Gasteiger partial charge in [-0.3, -0.25) is 0 Å². The van der Waals surface area contributed by atoms with Crippen molar-refractivity contribution < 1.29 is 19.0 Å². The van der Waals surface area contributed by atoms with Crippen molar-refractivity contribution in [3.8, 4) is 17.2 Å². The van der Waals surface area contributed by atoms with Gasteiger partial charge in [0, 0.05) is 13.1 Å². The van der Waals surface area contributed by atoms with Gasteiger partial charge in [0.1, 0.15) is 5.82 Å². The quantitative estimate of drug-likeness (QED) is 0.853. The van der Waals surface area contributed by atoms with Crippen LogP contribution < -0.4 is 14.8 Å². The molecule has 0 amide bonds. The van der Waals surface area contributed by atoms with Gasteiger partial charge in [-0.1, -0.05) is 17.7 Å². The molecule has 0 bridgehead atoms. The van der Waals surface area contributed by atoms with E-state index >= 15 is 0 Å². The highest BCUT2D eigenvalue weighted by Crippen LogP contribution is 2.37. The van der Waals surface area contributed by atoms with Crippen LogP contribution in [0.2, 0.25) is 5.02 Å². The van der Waals surface area contributed by atoms with Gasteiger partial charge in [-0.25, -0.2) is 4.39 Å². The van der Waals surface area contributed by atoms with E-state index in [1.807, 2.05) is 0 Å². The molecule has 2 aromatic rings. The molecule has 118 valence electrons. The monoisotopic (exact) mass is 325 g/mol. The summed E-state index contributed by atoms with van der Waals surface area (Å²) in [5.41, 5.74) is 1.77. The lowest BCUT2D eigenvalue weighted by Gasteiger charge is -2.12. The summed E-state index contributed by atoms with van der Waals surface area (Å²) in [6.45, 7) is 1.06. The zero-order chi connectivity index (χ0) is 16.1. The Morgan fingerprint density at radius 3 is 2.18 bits per heavy atom. The summed E-state index contributed by atoms with van der Waals surface area (Å²) >= 11 is 5.74. The molecule has 2 rings (SSSR count). The molecule has 0 spiro atoms. The van der Waals surface area contributed by atoms with Gasteiger partial charge in [-0.15, -0.1) is 0 Å². The minimum atomic E-state index is -0.432. The fourth-order valence-electron chi connectivity index (χ4n) is 2.05. The van der Waals surface area contributed by atoms with Gasteiger partial charge in [0.15, 0.2) is 11.5 Å². The predicted octanol–water partition coefficient (Wildman–Crippen LogP) is 3.49. The minimum absolute atomic E-state index is 0.0286. The molecule has 0 aliphatic rings. The molecule has 2 N–H and O–H groups in total. The first kappa shape index (κ1) is 16.4. The largest absolute Gasteiger partial charge is 0.502 e. The topological polar surface area (TPSA) is 50.7 Å². The smallest absolute Gasteiger partial charge is 0.200 e. The van der Waals surface area contributed by atoms with Crippen LogP contribution in [0.4, 0.5) is 4.39 Å². The molecule has 0 unspecified atom stereocenters. The normalized spacial score (nSPS) is 10.5. The SMILES string of the molecule is COc1cc(CNCc2ccc(F)c(Cl)c2)cc(OC)c1O. The van der Waals surface area contributed by atoms with Crippen LogP contribution in [0.5, 0.6) is 17.2 Å². The lowest BCUT2D eigenvalue weighted by atomic mass is 10.1. The maximum atomic E-state index is 13.1. The fraction of sp³-hybridized carbons (Fsp3) is 0.250. The number of methoxy groups -OCH3 is 2. The molecule has 0 aromatic heterocycles. The second kappa shape index (κ2) is 7.33. The first-order chi connectivity index (χ1) is 10.5. The number of phenolic OH excluding ortho intramolecular Hbond substituents is 1. The number of rotatable bonds is 6. The maximum Gasteiger partial charge on any atom is 0.200 e. The van der Waals surface area contributed by atoms with E-state index in [0.29, 0.717) is 24.6 Å². The maximum absolute atomic E-state index is 13.1. The Labute approximate surface area is 133 Å². The Balaban J connectivity index is 2.03. The third-order valence-electron chi connectivity index (χ3n) is 3.18. The van der Waals surface area contributed by atoms with E-state index in [4.69, 9.17) is 21.1 Å². The van der Waals surface area contributed by atoms with Gasteiger partial charge in [-0.05, 0) is 35.4 Å². The van der Waals surface area contributed by atoms with Crippen LogP contribution in [0, 0.1) is 5.82 Å². The van der Waals surface area contributed by atoms with E-state index in [9.17, 15) is 9.50 Å². The number of hydrogen-bond donors (Lipinski definition) is 2. The summed E-state index contributed by atoms with van der Waals surface area (Å²) in [5, 5.41) is 13.2. The summed E-state index contributed by atoms with van der Waals surface area (Å²) in [4.78, 5) is 0. The van der Waals surface area contributed by atoms with Gasteiger partial charge >= 0.3 is 0 Å². The summed E-state index contributed by atoms with van der Waals surface area (Å²) in [6, 6.07) is 8.05. The van der Waals surface area contributed by atoms with E-state index in [1.54, 1.807) is 24.3 Å². The highest BCUT2D eigenvalue weighted by Gasteiger charge is 2.11. The molecule has 6 heteroatoms. The third-order valence-corrected chi connectivity index (χ3v) is 3.47. The Morgan fingerprint density at radius 1 is 1.05 bits per heavy atom. The van der Waals surface area contributed by atoms with Crippen molar-refractivity contribution in [2.24, 2.45) is 0 Å². The van der Waals surface area contributed by atoms with Crippen LogP contribution in [-0.2, 0) is 13.1 Å². The first-order valence-electron chi connectivity index (χ1n) is 6.63. The number of benzene rings is 2. The molecule has 0 heterocycles. The van der Waals surface area contributed by atoms with Crippen molar-refractivity contribution >= 4 is 11.6 Å². The molecular formula is C16H17ClFNO3. The fourth-order valence-corrected chi connectivity index (χ4v) is 2.25. The van der Waals surface area contributed by atoms with Gasteiger partial charge in [0.25, 0.3) is 0 Å². The lowest BCUT2D eigenvalue weighted by Crippen LogP contribution is -2.13. The molecule has 4 nitrogen and oxygen atoms in total. The lowest BCUT2D eigenvalue weighted by molar-refractivity contribution is 0.339. The molecule has 0 aliphatic carbocycles. The zero-order valence-electron chi connectivity index (χ0n) is 12.3. The Bertz CT molecular complexity index is 639. The number of nitrogens with one attached hydrogen (secondary N) is 1. The van der Waals surface area contributed by atoms with Gasteiger partial charge in [0.05, 0.1) is 19.2 Å². The number of phenols is 1. The third kappa shape index (κ3) is 3.81. The van der Waals surface area contributed by atoms with Crippen LogP contribution in [0.1, 0.15) is 11.1 Å². The van der Waals surface area contributed by atoms with Crippen LogP contribution in [0.3, 0.4) is 0 Å². The minimum Gasteiger partial charge on any atom is -0.502 e. The van der Waals surface area contributed by atoms with E-state index in [1.165, 1.54) is 20.3 Å². The molecule has 22 heavy (non-hydrogen) atoms. The standard InChI is InChI=1S/C16H17ClFNO3/c1-21-14-6-11(7-15(22-2)16(14)20)9-19-8-10-3-4-13(18)12(17)5-10/h3-7,19-20H,8-9H2,1-2H3. The summed E-state index contributed by atoms with van der Waals surface area (Å²) in [5.74, 6) is 0.236. The number of aromatic hydroxyl groups is 1. The molecule has 2 aromatic carbocycles. The summed E-state index contributed by atoms with van der Waals surface area (Å²) < 4.78 is 23.3. The van der Waals surface area contributed by atoms with E-state index < -0.39 is 5.82 Å². The van der Waals surface area contributed by atoms with Crippen molar-refractivity contribution in [1.82, 2.24) is 5.32 Å². The number of ether oxygens (including phenoxy) is 2. The molecule has 0 aliphatic heterocycles. The average molecular weight is 326 g/mol. The Kier molecular flexibility index (Phi) is 5.46. The van der Waals surface area contributed by atoms with Crippen LogP contribution in [0.15, 0.2) is 30.3 Å². The van der Waals surface area contributed by atoms with Crippen LogP contribution >= 0.6 is 11.6 Å². The van der Waals surface area contributed by atoms with Crippen molar-refractivity contribution in [1.29, 1.82) is 0 Å². The Hall–Kier alpha value is -1.98. The van der Waals surface area contributed by atoms with E-state index in [0.717, 1.165) is 11.1 Å². The first-order valence-corrected chi connectivity index (χ1v) is 7.01. The van der Waals surface area contributed by atoms with Gasteiger partial charge in [-0.2, -0.15) is 0 Å². The van der Waals surface area contributed by atoms with Crippen molar-refractivity contribution in [3.05, 3.63) is 52.3 Å². The molecule has 0 radical (unpaired) electrons. The van der Waals surface area contributed by atoms with Gasteiger partial charge < -0.3 is 19.9 Å². The van der Waals surface area contributed by atoms with E-state index in [2.05, 4.69) is 5.32 Å². The molecule has 0 saturated heterocycles. The summed E-state index contributed by atoms with van der Waals surface area (Å²) in [6.07, 6.45) is 0. The van der Waals surface area contributed by atoms with Crippen LogP contribution in [0.25, 0.3) is 0 Å². The highest BCUT2D eigenvalue weighted by molar-refractivity contribution is 6.30. The average Bonchev–Trinajstić information content (AvgIpc) is 2.52. The van der Waals surface area contributed by atoms with Gasteiger partial charge in [0.2, 0.25) is 5.75 Å². The van der Waals surface area contributed by atoms with Crippen molar-refractivity contribution in [2.75, 3.05) is 14.2 Å². The van der Waals surface area contributed by atoms with Crippen molar-refractivity contribution in [2.45, 2.75) is 13.1 Å². The molecule has 0 atom stereocenters. The zero-order valence-corrected chi connectivity index (χ0v) is 13.1. The summed E-state index contributed by atoms with van der Waals surface area (Å²) in [7, 11) is 2.96. The Morgan fingerprint density at radius 2 is 1.64 bits per heavy atom. The second-order valence-electron chi connectivity index (χ2n) is 4.70. The number of halogens is 2. The highest BCUT2D eigenvalue weighted by atomic mass is 35.5. The predicted molar refractivity (Wildman–Crippen MR) is 83.2 cm³/mol. The number of hydrogen-bond acceptors (Lipinski definition) is 4. The molecular weight excluding hydrogens is 309 g/mol. The van der Waals surface area contributed by atoms with Crippen molar-refractivity contribution in [3.63, 3.8) is 0 Å². The molecule has 0 fully saturated rings.